The lowest BCUT2D eigenvalue weighted by atomic mass is 10.1. The normalized spacial score (nSPS) is 11.9. The van der Waals surface area contributed by atoms with Gasteiger partial charge in [-0.15, -0.1) is 16.4 Å². The fraction of sp³-hybridized carbons (Fsp3) is 0.167. The number of methoxy groups -OCH3 is 3. The third-order valence-electron chi connectivity index (χ3n) is 3.92. The van der Waals surface area contributed by atoms with Crippen molar-refractivity contribution in [3.05, 3.63) is 49.4 Å². The molecule has 138 valence electrons. The molecule has 27 heavy (non-hydrogen) atoms. The van der Waals surface area contributed by atoms with Crippen LogP contribution in [0.4, 0.5) is 0 Å². The number of aromatic nitrogens is 3. The van der Waals surface area contributed by atoms with Crippen LogP contribution in [0.1, 0.15) is 4.88 Å². The predicted molar refractivity (Wildman–Crippen MR) is 105 cm³/mol. The Morgan fingerprint density at radius 2 is 1.85 bits per heavy atom. The molecule has 0 bridgehead atoms. The topological polar surface area (TPSA) is 75.0 Å². The summed E-state index contributed by atoms with van der Waals surface area (Å²) in [5, 5.41) is 6.34. The van der Waals surface area contributed by atoms with Crippen LogP contribution in [-0.4, -0.2) is 35.9 Å². The summed E-state index contributed by atoms with van der Waals surface area (Å²) in [6, 6.07) is 7.41. The highest BCUT2D eigenvalue weighted by molar-refractivity contribution is 7.15. The van der Waals surface area contributed by atoms with Gasteiger partial charge in [-0.25, -0.2) is 0 Å². The van der Waals surface area contributed by atoms with E-state index in [2.05, 4.69) is 10.1 Å². The highest BCUT2D eigenvalue weighted by Gasteiger charge is 2.18. The van der Waals surface area contributed by atoms with Crippen molar-refractivity contribution in [2.45, 2.75) is 0 Å². The first-order valence-corrected chi connectivity index (χ1v) is 9.59. The number of rotatable bonds is 5. The van der Waals surface area contributed by atoms with Crippen molar-refractivity contribution >= 4 is 33.7 Å². The lowest BCUT2D eigenvalue weighted by Crippen LogP contribution is -2.23. The number of thiophene rings is 1. The van der Waals surface area contributed by atoms with E-state index in [1.807, 2.05) is 23.6 Å². The molecule has 0 spiro atoms. The number of hydrogen-bond donors (Lipinski definition) is 0. The van der Waals surface area contributed by atoms with Crippen LogP contribution in [0.25, 0.3) is 22.4 Å². The van der Waals surface area contributed by atoms with Gasteiger partial charge in [-0.1, -0.05) is 17.4 Å². The lowest BCUT2D eigenvalue weighted by Gasteiger charge is -2.12. The number of hydrogen-bond acceptors (Lipinski definition) is 8. The second kappa shape index (κ2) is 7.01. The van der Waals surface area contributed by atoms with Crippen LogP contribution in [0, 0.1) is 0 Å². The Balaban J connectivity index is 1.83. The largest absolute Gasteiger partial charge is 0.493 e. The SMILES string of the molecule is COc1cc(-c2nc3s/c(=C/c4cccs4)c(=O)n3n2)cc(OC)c1OC. The quantitative estimate of drug-likeness (QED) is 0.511. The minimum Gasteiger partial charge on any atom is -0.493 e. The standard InChI is InChI=1S/C18H15N3O4S2/c1-23-12-7-10(8-13(24-2)15(12)25-3)16-19-18-21(20-16)17(22)14(27-18)9-11-5-4-6-26-11/h4-9H,1-3H3/b14-9+. The van der Waals surface area contributed by atoms with Gasteiger partial charge < -0.3 is 14.2 Å². The zero-order chi connectivity index (χ0) is 19.0. The van der Waals surface area contributed by atoms with Crippen molar-refractivity contribution < 1.29 is 14.2 Å². The Kier molecular flexibility index (Phi) is 4.54. The van der Waals surface area contributed by atoms with Crippen LogP contribution in [0.2, 0.25) is 0 Å². The highest BCUT2D eigenvalue weighted by Crippen LogP contribution is 2.40. The van der Waals surface area contributed by atoms with Gasteiger partial charge in [0.25, 0.3) is 5.56 Å². The Morgan fingerprint density at radius 1 is 1.11 bits per heavy atom. The molecule has 9 heteroatoms. The highest BCUT2D eigenvalue weighted by atomic mass is 32.1. The van der Waals surface area contributed by atoms with Gasteiger partial charge in [0.05, 0.1) is 25.9 Å². The van der Waals surface area contributed by atoms with Crippen molar-refractivity contribution in [2.24, 2.45) is 0 Å². The predicted octanol–water partition coefficient (Wildman–Crippen LogP) is 2.45. The molecule has 0 aliphatic heterocycles. The molecule has 0 atom stereocenters. The Hall–Kier alpha value is -2.91. The van der Waals surface area contributed by atoms with E-state index in [-0.39, 0.29) is 5.56 Å². The van der Waals surface area contributed by atoms with Crippen LogP contribution in [-0.2, 0) is 0 Å². The van der Waals surface area contributed by atoms with Gasteiger partial charge in [0.2, 0.25) is 10.7 Å². The molecule has 3 aromatic heterocycles. The fourth-order valence-electron chi connectivity index (χ4n) is 2.67. The monoisotopic (exact) mass is 401 g/mol. The molecule has 0 aliphatic carbocycles. The zero-order valence-electron chi connectivity index (χ0n) is 14.8. The van der Waals surface area contributed by atoms with Gasteiger partial charge in [-0.2, -0.15) is 9.50 Å². The van der Waals surface area contributed by atoms with Crippen molar-refractivity contribution in [2.75, 3.05) is 21.3 Å². The molecule has 3 heterocycles. The van der Waals surface area contributed by atoms with E-state index in [1.54, 1.807) is 44.8 Å². The molecular weight excluding hydrogens is 386 g/mol. The van der Waals surface area contributed by atoms with Gasteiger partial charge in [-0.3, -0.25) is 4.79 Å². The molecule has 4 aromatic rings. The molecular formula is C18H15N3O4S2. The van der Waals surface area contributed by atoms with E-state index < -0.39 is 0 Å². The summed E-state index contributed by atoms with van der Waals surface area (Å²) in [6.07, 6.45) is 1.85. The van der Waals surface area contributed by atoms with E-state index in [9.17, 15) is 4.79 Å². The van der Waals surface area contributed by atoms with Crippen molar-refractivity contribution in [3.63, 3.8) is 0 Å². The molecule has 0 fully saturated rings. The zero-order valence-corrected chi connectivity index (χ0v) is 16.4. The lowest BCUT2D eigenvalue weighted by molar-refractivity contribution is 0.324. The van der Waals surface area contributed by atoms with E-state index in [0.29, 0.717) is 38.1 Å². The summed E-state index contributed by atoms with van der Waals surface area (Å²) in [4.78, 5) is 18.7. The second-order valence-corrected chi connectivity index (χ2v) is 7.46. The molecule has 0 amide bonds. The minimum absolute atomic E-state index is 0.186. The van der Waals surface area contributed by atoms with E-state index in [4.69, 9.17) is 14.2 Å². The van der Waals surface area contributed by atoms with Gasteiger partial charge in [0, 0.05) is 10.4 Å². The maximum absolute atomic E-state index is 12.6. The summed E-state index contributed by atoms with van der Waals surface area (Å²) in [6.45, 7) is 0. The number of benzene rings is 1. The van der Waals surface area contributed by atoms with E-state index in [1.165, 1.54) is 15.9 Å². The summed E-state index contributed by atoms with van der Waals surface area (Å²) in [7, 11) is 4.63. The fourth-order valence-corrected chi connectivity index (χ4v) is 4.30. The van der Waals surface area contributed by atoms with Crippen LogP contribution < -0.4 is 24.3 Å². The molecule has 0 saturated carbocycles. The molecule has 7 nitrogen and oxygen atoms in total. The Labute approximate surface area is 162 Å². The molecule has 0 radical (unpaired) electrons. The second-order valence-electron chi connectivity index (χ2n) is 5.48. The van der Waals surface area contributed by atoms with Gasteiger partial charge in [0.15, 0.2) is 17.3 Å². The minimum atomic E-state index is -0.186. The molecule has 0 saturated heterocycles. The van der Waals surface area contributed by atoms with Crippen LogP contribution in [0.15, 0.2) is 34.4 Å². The van der Waals surface area contributed by atoms with Gasteiger partial charge in [-0.05, 0) is 29.7 Å². The maximum Gasteiger partial charge on any atom is 0.291 e. The van der Waals surface area contributed by atoms with Crippen LogP contribution in [0.5, 0.6) is 17.2 Å². The number of fused-ring (bicyclic) bond motifs is 1. The summed E-state index contributed by atoms with van der Waals surface area (Å²) < 4.78 is 18.0. The number of nitrogens with zero attached hydrogens (tertiary/aromatic N) is 3. The third-order valence-corrected chi connectivity index (χ3v) is 5.70. The van der Waals surface area contributed by atoms with Crippen molar-refractivity contribution in [1.82, 2.24) is 14.6 Å². The first-order valence-electron chi connectivity index (χ1n) is 7.89. The van der Waals surface area contributed by atoms with E-state index in [0.717, 1.165) is 4.88 Å². The molecule has 0 unspecified atom stereocenters. The maximum atomic E-state index is 12.6. The van der Waals surface area contributed by atoms with Gasteiger partial charge in [0.1, 0.15) is 0 Å². The first-order chi connectivity index (χ1) is 13.1. The molecule has 0 N–H and O–H groups in total. The summed E-state index contributed by atoms with van der Waals surface area (Å²) in [5.41, 5.74) is 0.484. The average molecular weight is 401 g/mol. The number of ether oxygens (including phenoxy) is 3. The molecule has 1 aromatic carbocycles. The third kappa shape index (κ3) is 3.04. The summed E-state index contributed by atoms with van der Waals surface area (Å²) in [5.74, 6) is 1.90. The Bertz CT molecular complexity index is 1190. The van der Waals surface area contributed by atoms with E-state index >= 15 is 0 Å². The Morgan fingerprint density at radius 3 is 2.41 bits per heavy atom. The van der Waals surface area contributed by atoms with Crippen LogP contribution in [0.3, 0.4) is 0 Å². The number of thiazole rings is 1. The van der Waals surface area contributed by atoms with Crippen LogP contribution >= 0.6 is 22.7 Å². The smallest absolute Gasteiger partial charge is 0.291 e. The molecule has 0 aliphatic rings. The first kappa shape index (κ1) is 17.5. The van der Waals surface area contributed by atoms with Crippen molar-refractivity contribution in [3.8, 4) is 28.6 Å². The van der Waals surface area contributed by atoms with Gasteiger partial charge >= 0.3 is 0 Å². The average Bonchev–Trinajstić information content (AvgIpc) is 3.40. The van der Waals surface area contributed by atoms with Crippen molar-refractivity contribution in [1.29, 1.82) is 0 Å². The molecule has 4 rings (SSSR count). The summed E-state index contributed by atoms with van der Waals surface area (Å²) >= 11 is 2.88.